The van der Waals surface area contributed by atoms with Gasteiger partial charge < -0.3 is 14.5 Å². The van der Waals surface area contributed by atoms with Crippen LogP contribution in [0.3, 0.4) is 0 Å². The molecule has 2 fully saturated rings. The van der Waals surface area contributed by atoms with Gasteiger partial charge in [-0.15, -0.1) is 0 Å². The summed E-state index contributed by atoms with van der Waals surface area (Å²) < 4.78 is 7.86. The van der Waals surface area contributed by atoms with Crippen molar-refractivity contribution in [2.75, 3.05) is 6.61 Å². The van der Waals surface area contributed by atoms with Crippen LogP contribution in [0.25, 0.3) is 16.9 Å². The number of nitrogens with zero attached hydrogens (tertiary/aromatic N) is 2. The third kappa shape index (κ3) is 4.64. The molecule has 29 heavy (non-hydrogen) atoms. The van der Waals surface area contributed by atoms with E-state index in [0.717, 1.165) is 53.3 Å². The van der Waals surface area contributed by atoms with Gasteiger partial charge in [-0.25, -0.2) is 4.98 Å². The van der Waals surface area contributed by atoms with Crippen LogP contribution in [-0.4, -0.2) is 28.1 Å². The first kappa shape index (κ1) is 20.0. The Morgan fingerprint density at radius 3 is 2.62 bits per heavy atom. The zero-order valence-electron chi connectivity index (χ0n) is 17.9. The molecule has 4 heterocycles. The Morgan fingerprint density at radius 2 is 1.90 bits per heavy atom. The molecule has 2 saturated heterocycles. The van der Waals surface area contributed by atoms with Crippen molar-refractivity contribution >= 4 is 5.65 Å². The molecular formula is C25H33N3O. The quantitative estimate of drug-likeness (QED) is 0.620. The largest absolute Gasteiger partial charge is 0.493 e. The van der Waals surface area contributed by atoms with E-state index in [9.17, 15) is 0 Å². The first-order chi connectivity index (χ1) is 14.1. The highest BCUT2D eigenvalue weighted by Gasteiger charge is 2.26. The number of nitrogens with one attached hydrogen (secondary N) is 1. The summed E-state index contributed by atoms with van der Waals surface area (Å²) in [5.41, 5.74) is 5.46. The number of benzene rings is 1. The number of fused-ring (bicyclic) bond motifs is 3. The van der Waals surface area contributed by atoms with Crippen molar-refractivity contribution in [3.8, 4) is 17.0 Å². The Morgan fingerprint density at radius 1 is 1.10 bits per heavy atom. The molecule has 0 saturated carbocycles. The number of aromatic nitrogens is 2. The van der Waals surface area contributed by atoms with E-state index in [1.54, 1.807) is 0 Å². The van der Waals surface area contributed by atoms with E-state index >= 15 is 0 Å². The predicted molar refractivity (Wildman–Crippen MR) is 120 cm³/mol. The minimum absolute atomic E-state index is 0.745. The van der Waals surface area contributed by atoms with Gasteiger partial charge in [0.25, 0.3) is 0 Å². The third-order valence-electron chi connectivity index (χ3n) is 6.08. The van der Waals surface area contributed by atoms with Crippen molar-refractivity contribution in [3.05, 3.63) is 53.9 Å². The molecule has 154 valence electrons. The Bertz CT molecular complexity index is 948. The number of piperidine rings is 1. The van der Waals surface area contributed by atoms with E-state index in [1.807, 2.05) is 18.3 Å². The molecule has 3 aromatic rings. The number of ether oxygens (including phenoxy) is 1. The SMILES string of the molecule is C1CC2CCC(C1)N2.CCCOc1cccc(-c2cn3ccc(C)cc3n2)c1C. The van der Waals surface area contributed by atoms with Crippen LogP contribution in [0.5, 0.6) is 5.75 Å². The summed E-state index contributed by atoms with van der Waals surface area (Å²) in [6, 6.07) is 12.2. The van der Waals surface area contributed by atoms with Crippen LogP contribution in [0.15, 0.2) is 42.7 Å². The van der Waals surface area contributed by atoms with Gasteiger partial charge in [0, 0.05) is 35.6 Å². The second-order valence-electron chi connectivity index (χ2n) is 8.44. The molecule has 2 unspecified atom stereocenters. The van der Waals surface area contributed by atoms with Crippen LogP contribution >= 0.6 is 0 Å². The molecule has 4 nitrogen and oxygen atoms in total. The van der Waals surface area contributed by atoms with Gasteiger partial charge in [-0.2, -0.15) is 0 Å². The van der Waals surface area contributed by atoms with Gasteiger partial charge >= 0.3 is 0 Å². The zero-order valence-corrected chi connectivity index (χ0v) is 17.9. The summed E-state index contributed by atoms with van der Waals surface area (Å²) >= 11 is 0. The molecule has 0 amide bonds. The fourth-order valence-corrected chi connectivity index (χ4v) is 4.44. The first-order valence-corrected chi connectivity index (χ1v) is 11.1. The molecule has 1 aromatic carbocycles. The lowest BCUT2D eigenvalue weighted by atomic mass is 10.1. The number of aryl methyl sites for hydroxylation is 1. The summed E-state index contributed by atoms with van der Waals surface area (Å²) in [7, 11) is 0. The molecule has 0 aliphatic carbocycles. The minimum atomic E-state index is 0.745. The van der Waals surface area contributed by atoms with Gasteiger partial charge in [-0.05, 0) is 69.7 Å². The van der Waals surface area contributed by atoms with Gasteiger partial charge in [0.15, 0.2) is 0 Å². The van der Waals surface area contributed by atoms with Gasteiger partial charge in [-0.3, -0.25) is 0 Å². The smallest absolute Gasteiger partial charge is 0.137 e. The van der Waals surface area contributed by atoms with Crippen LogP contribution in [0, 0.1) is 13.8 Å². The van der Waals surface area contributed by atoms with Crippen LogP contribution in [0.2, 0.25) is 0 Å². The lowest BCUT2D eigenvalue weighted by Gasteiger charge is -2.19. The molecule has 4 heteroatoms. The molecule has 5 rings (SSSR count). The Hall–Kier alpha value is -2.33. The lowest BCUT2D eigenvalue weighted by Crippen LogP contribution is -2.33. The number of rotatable bonds is 4. The molecular weight excluding hydrogens is 358 g/mol. The minimum Gasteiger partial charge on any atom is -0.493 e. The average molecular weight is 392 g/mol. The van der Waals surface area contributed by atoms with E-state index in [2.05, 4.69) is 54.9 Å². The molecule has 0 spiro atoms. The van der Waals surface area contributed by atoms with Crippen molar-refractivity contribution in [2.45, 2.75) is 71.4 Å². The van der Waals surface area contributed by atoms with Crippen LogP contribution in [0.1, 0.15) is 56.6 Å². The highest BCUT2D eigenvalue weighted by Crippen LogP contribution is 2.30. The zero-order chi connectivity index (χ0) is 20.2. The highest BCUT2D eigenvalue weighted by molar-refractivity contribution is 5.68. The first-order valence-electron chi connectivity index (χ1n) is 11.1. The third-order valence-corrected chi connectivity index (χ3v) is 6.08. The van der Waals surface area contributed by atoms with Gasteiger partial charge in [-0.1, -0.05) is 25.5 Å². The van der Waals surface area contributed by atoms with Crippen molar-refractivity contribution in [2.24, 2.45) is 0 Å². The maximum atomic E-state index is 5.81. The van der Waals surface area contributed by atoms with E-state index in [4.69, 9.17) is 9.72 Å². The average Bonchev–Trinajstić information content (AvgIpc) is 3.29. The molecule has 2 bridgehead atoms. The van der Waals surface area contributed by atoms with Gasteiger partial charge in [0.1, 0.15) is 11.4 Å². The second-order valence-corrected chi connectivity index (χ2v) is 8.44. The monoisotopic (exact) mass is 391 g/mol. The molecule has 0 radical (unpaired) electrons. The second kappa shape index (κ2) is 9.00. The fourth-order valence-electron chi connectivity index (χ4n) is 4.44. The summed E-state index contributed by atoms with van der Waals surface area (Å²) in [6.45, 7) is 7.03. The number of hydrogen-bond acceptors (Lipinski definition) is 3. The molecule has 1 N–H and O–H groups in total. The summed E-state index contributed by atoms with van der Waals surface area (Å²) in [5.74, 6) is 0.947. The van der Waals surface area contributed by atoms with Crippen molar-refractivity contribution in [1.29, 1.82) is 0 Å². The van der Waals surface area contributed by atoms with E-state index in [-0.39, 0.29) is 0 Å². The van der Waals surface area contributed by atoms with E-state index in [0.29, 0.717) is 0 Å². The maximum absolute atomic E-state index is 5.81. The molecule has 2 aliphatic heterocycles. The van der Waals surface area contributed by atoms with Crippen molar-refractivity contribution in [3.63, 3.8) is 0 Å². The maximum Gasteiger partial charge on any atom is 0.137 e. The summed E-state index contributed by atoms with van der Waals surface area (Å²) in [5, 5.41) is 3.59. The van der Waals surface area contributed by atoms with E-state index < -0.39 is 0 Å². The number of hydrogen-bond donors (Lipinski definition) is 1. The number of imidazole rings is 1. The van der Waals surface area contributed by atoms with Crippen LogP contribution in [-0.2, 0) is 0 Å². The Kier molecular flexibility index (Phi) is 6.19. The standard InChI is InChI=1S/C18H20N2O.C7H13N/c1-4-10-21-17-7-5-6-15(14(17)3)16-12-20-9-8-13(2)11-18(20)19-16;1-2-6-4-5-7(3-1)8-6/h5-9,11-12H,4,10H2,1-3H3;6-8H,1-5H2. The summed E-state index contributed by atoms with van der Waals surface area (Å²) in [6.07, 6.45) is 12.4. The molecule has 2 aromatic heterocycles. The van der Waals surface area contributed by atoms with Gasteiger partial charge in [0.05, 0.1) is 12.3 Å². The van der Waals surface area contributed by atoms with Crippen molar-refractivity contribution < 1.29 is 4.74 Å². The Labute approximate surface area is 174 Å². The van der Waals surface area contributed by atoms with Crippen molar-refractivity contribution in [1.82, 2.24) is 14.7 Å². The molecule has 2 aliphatic rings. The van der Waals surface area contributed by atoms with Crippen LogP contribution in [0.4, 0.5) is 0 Å². The highest BCUT2D eigenvalue weighted by atomic mass is 16.5. The topological polar surface area (TPSA) is 38.6 Å². The Balaban J connectivity index is 0.000000211. The number of pyridine rings is 1. The normalized spacial score (nSPS) is 20.4. The predicted octanol–water partition coefficient (Wildman–Crippen LogP) is 5.70. The lowest BCUT2D eigenvalue weighted by molar-refractivity contribution is 0.315. The van der Waals surface area contributed by atoms with Crippen LogP contribution < -0.4 is 10.1 Å². The summed E-state index contributed by atoms with van der Waals surface area (Å²) in [4.78, 5) is 4.73. The van der Waals surface area contributed by atoms with Gasteiger partial charge in [0.2, 0.25) is 0 Å². The molecule has 2 atom stereocenters. The van der Waals surface area contributed by atoms with E-state index in [1.165, 1.54) is 37.7 Å². The fraction of sp³-hybridized carbons (Fsp3) is 0.480.